The normalized spacial score (nSPS) is 17.5. The first-order chi connectivity index (χ1) is 12.0. The molecule has 1 saturated heterocycles. The van der Waals surface area contributed by atoms with Crippen molar-refractivity contribution in [2.24, 2.45) is 0 Å². The number of imide groups is 1. The molecule has 0 aliphatic carbocycles. The van der Waals surface area contributed by atoms with Crippen LogP contribution >= 0.6 is 27.5 Å². The summed E-state index contributed by atoms with van der Waals surface area (Å²) in [6, 6.07) is 12.2. The number of benzene rings is 2. The molecule has 2 N–H and O–H groups in total. The maximum absolute atomic E-state index is 12.7. The number of fused-ring (bicyclic) bond motifs is 1. The Hall–Kier alpha value is -2.31. The van der Waals surface area contributed by atoms with Crippen molar-refractivity contribution in [3.63, 3.8) is 0 Å². The van der Waals surface area contributed by atoms with E-state index in [1.807, 2.05) is 30.5 Å². The Balaban J connectivity index is 1.60. The number of nitrogens with zero attached hydrogens (tertiary/aromatic N) is 1. The second kappa shape index (κ2) is 6.20. The van der Waals surface area contributed by atoms with Crippen molar-refractivity contribution in [3.8, 4) is 0 Å². The lowest BCUT2D eigenvalue weighted by Gasteiger charge is -2.17. The summed E-state index contributed by atoms with van der Waals surface area (Å²) in [4.78, 5) is 29.4. The van der Waals surface area contributed by atoms with Crippen molar-refractivity contribution in [2.75, 3.05) is 10.2 Å². The Kier molecular flexibility index (Phi) is 4.01. The van der Waals surface area contributed by atoms with Gasteiger partial charge in [0.25, 0.3) is 5.91 Å². The molecule has 1 aliphatic rings. The number of aromatic nitrogens is 1. The number of halogens is 2. The van der Waals surface area contributed by atoms with Crippen LogP contribution in [0, 0.1) is 0 Å². The zero-order chi connectivity index (χ0) is 17.6. The predicted octanol–water partition coefficient (Wildman–Crippen LogP) is 4.33. The largest absolute Gasteiger partial charge is 0.373 e. The van der Waals surface area contributed by atoms with E-state index in [-0.39, 0.29) is 18.2 Å². The fraction of sp³-hybridized carbons (Fsp3) is 0.111. The molecular formula is C18H13BrClN3O2. The highest BCUT2D eigenvalue weighted by molar-refractivity contribution is 9.10. The fourth-order valence-corrected chi connectivity index (χ4v) is 3.76. The van der Waals surface area contributed by atoms with E-state index in [0.717, 1.165) is 26.0 Å². The minimum absolute atomic E-state index is 0.0913. The molecule has 0 unspecified atom stereocenters. The molecule has 1 aliphatic heterocycles. The lowest BCUT2D eigenvalue weighted by molar-refractivity contribution is -0.121. The lowest BCUT2D eigenvalue weighted by atomic mass is 10.2. The second-order valence-electron chi connectivity index (χ2n) is 5.84. The second-order valence-corrected chi connectivity index (χ2v) is 7.17. The SMILES string of the molecule is O=C1C[C@H](Nc2ccc3cc[nH]c3c2)C(=O)N1c1ccc(Br)cc1Cl. The molecule has 4 rings (SSSR count). The van der Waals surface area contributed by atoms with E-state index in [2.05, 4.69) is 26.2 Å². The van der Waals surface area contributed by atoms with E-state index in [0.29, 0.717) is 10.7 Å². The zero-order valence-electron chi connectivity index (χ0n) is 12.9. The third kappa shape index (κ3) is 2.92. The number of aromatic amines is 1. The molecule has 0 spiro atoms. The van der Waals surface area contributed by atoms with Gasteiger partial charge in [-0.25, -0.2) is 4.90 Å². The van der Waals surface area contributed by atoms with Crippen LogP contribution in [-0.4, -0.2) is 22.8 Å². The fourth-order valence-electron chi connectivity index (χ4n) is 3.00. The monoisotopic (exact) mass is 417 g/mol. The number of anilines is 2. The molecule has 3 aromatic rings. The Bertz CT molecular complexity index is 1000. The molecule has 7 heteroatoms. The molecule has 0 bridgehead atoms. The average Bonchev–Trinajstić information content (AvgIpc) is 3.13. The first kappa shape index (κ1) is 16.2. The van der Waals surface area contributed by atoms with Crippen molar-refractivity contribution < 1.29 is 9.59 Å². The van der Waals surface area contributed by atoms with Gasteiger partial charge in [0.15, 0.2) is 0 Å². The van der Waals surface area contributed by atoms with Gasteiger partial charge in [0.05, 0.1) is 17.1 Å². The number of hydrogen-bond acceptors (Lipinski definition) is 3. The number of amides is 2. The van der Waals surface area contributed by atoms with Gasteiger partial charge in [-0.05, 0) is 41.8 Å². The van der Waals surface area contributed by atoms with Crippen LogP contribution in [0.5, 0.6) is 0 Å². The van der Waals surface area contributed by atoms with Gasteiger partial charge in [0.2, 0.25) is 5.91 Å². The highest BCUT2D eigenvalue weighted by atomic mass is 79.9. The van der Waals surface area contributed by atoms with Crippen LogP contribution in [0.25, 0.3) is 10.9 Å². The molecule has 2 aromatic carbocycles. The van der Waals surface area contributed by atoms with Crippen LogP contribution in [-0.2, 0) is 9.59 Å². The number of H-pyrrole nitrogens is 1. The summed E-state index contributed by atoms with van der Waals surface area (Å²) in [7, 11) is 0. The maximum Gasteiger partial charge on any atom is 0.256 e. The highest BCUT2D eigenvalue weighted by Crippen LogP contribution is 2.33. The average molecular weight is 419 g/mol. The molecule has 1 aromatic heterocycles. The Morgan fingerprint density at radius 2 is 2.00 bits per heavy atom. The standard InChI is InChI=1S/C18H13BrClN3O2/c19-11-2-4-16(13(20)7-11)23-17(24)9-15(18(23)25)22-12-3-1-10-5-6-21-14(10)8-12/h1-8,15,21-22H,9H2/t15-/m0/s1. The van der Waals surface area contributed by atoms with Gasteiger partial charge in [-0.3, -0.25) is 9.59 Å². The van der Waals surface area contributed by atoms with E-state index in [1.165, 1.54) is 0 Å². The summed E-state index contributed by atoms with van der Waals surface area (Å²) in [5, 5.41) is 4.59. The molecule has 2 heterocycles. The van der Waals surface area contributed by atoms with Gasteiger partial charge in [-0.15, -0.1) is 0 Å². The third-order valence-electron chi connectivity index (χ3n) is 4.19. The minimum atomic E-state index is -0.611. The Morgan fingerprint density at radius 1 is 1.16 bits per heavy atom. The number of nitrogens with one attached hydrogen (secondary N) is 2. The molecule has 126 valence electrons. The summed E-state index contributed by atoms with van der Waals surface area (Å²) < 4.78 is 0.786. The van der Waals surface area contributed by atoms with Crippen LogP contribution in [0.4, 0.5) is 11.4 Å². The van der Waals surface area contributed by atoms with E-state index < -0.39 is 6.04 Å². The predicted molar refractivity (Wildman–Crippen MR) is 102 cm³/mol. The van der Waals surface area contributed by atoms with Gasteiger partial charge < -0.3 is 10.3 Å². The van der Waals surface area contributed by atoms with Crippen molar-refractivity contribution in [3.05, 3.63) is 58.2 Å². The number of hydrogen-bond donors (Lipinski definition) is 2. The summed E-state index contributed by atoms with van der Waals surface area (Å²) in [5.41, 5.74) is 2.16. The molecule has 25 heavy (non-hydrogen) atoms. The summed E-state index contributed by atoms with van der Waals surface area (Å²) in [6.07, 6.45) is 1.95. The first-order valence-electron chi connectivity index (χ1n) is 7.68. The topological polar surface area (TPSA) is 65.2 Å². The van der Waals surface area contributed by atoms with Crippen LogP contribution < -0.4 is 10.2 Å². The van der Waals surface area contributed by atoms with E-state index >= 15 is 0 Å². The van der Waals surface area contributed by atoms with E-state index in [9.17, 15) is 9.59 Å². The summed E-state index contributed by atoms with van der Waals surface area (Å²) >= 11 is 9.52. The van der Waals surface area contributed by atoms with Crippen LogP contribution in [0.15, 0.2) is 53.1 Å². The number of carbonyl (C=O) groups excluding carboxylic acids is 2. The molecule has 1 atom stereocenters. The summed E-state index contributed by atoms with van der Waals surface area (Å²) in [5.74, 6) is -0.575. The molecule has 0 saturated carbocycles. The van der Waals surface area contributed by atoms with Gasteiger partial charge in [0, 0.05) is 21.9 Å². The smallest absolute Gasteiger partial charge is 0.256 e. The van der Waals surface area contributed by atoms with Crippen LogP contribution in [0.1, 0.15) is 6.42 Å². The Labute approximate surface area is 157 Å². The third-order valence-corrected chi connectivity index (χ3v) is 4.99. The van der Waals surface area contributed by atoms with Crippen LogP contribution in [0.3, 0.4) is 0 Å². The van der Waals surface area contributed by atoms with E-state index in [4.69, 9.17) is 11.6 Å². The van der Waals surface area contributed by atoms with Crippen molar-refractivity contribution in [1.29, 1.82) is 0 Å². The van der Waals surface area contributed by atoms with E-state index in [1.54, 1.807) is 18.2 Å². The molecular weight excluding hydrogens is 406 g/mol. The lowest BCUT2D eigenvalue weighted by Crippen LogP contribution is -2.35. The molecule has 1 fully saturated rings. The van der Waals surface area contributed by atoms with Crippen LogP contribution in [0.2, 0.25) is 5.02 Å². The first-order valence-corrected chi connectivity index (χ1v) is 8.85. The quantitative estimate of drug-likeness (QED) is 0.622. The van der Waals surface area contributed by atoms with Gasteiger partial charge >= 0.3 is 0 Å². The molecule has 0 radical (unpaired) electrons. The van der Waals surface area contributed by atoms with Gasteiger partial charge in [0.1, 0.15) is 6.04 Å². The molecule has 5 nitrogen and oxygen atoms in total. The number of rotatable bonds is 3. The maximum atomic E-state index is 12.7. The minimum Gasteiger partial charge on any atom is -0.373 e. The number of carbonyl (C=O) groups is 2. The van der Waals surface area contributed by atoms with Crippen molar-refractivity contribution in [1.82, 2.24) is 4.98 Å². The van der Waals surface area contributed by atoms with Crippen molar-refractivity contribution >= 4 is 61.6 Å². The van der Waals surface area contributed by atoms with Crippen molar-refractivity contribution in [2.45, 2.75) is 12.5 Å². The van der Waals surface area contributed by atoms with Gasteiger partial charge in [-0.2, -0.15) is 0 Å². The molecule has 2 amide bonds. The zero-order valence-corrected chi connectivity index (χ0v) is 15.3. The van der Waals surface area contributed by atoms with Gasteiger partial charge in [-0.1, -0.05) is 33.6 Å². The Morgan fingerprint density at radius 3 is 2.80 bits per heavy atom. The highest BCUT2D eigenvalue weighted by Gasteiger charge is 2.40. The summed E-state index contributed by atoms with van der Waals surface area (Å²) in [6.45, 7) is 0.